The van der Waals surface area contributed by atoms with Gasteiger partial charge >= 0.3 is 0 Å². The van der Waals surface area contributed by atoms with Gasteiger partial charge in [-0.15, -0.1) is 0 Å². The Kier molecular flexibility index (Phi) is 3.28. The molecule has 1 aliphatic rings. The number of hydrogen-bond acceptors (Lipinski definition) is 6. The second kappa shape index (κ2) is 4.81. The number of aromatic amines is 1. The first-order chi connectivity index (χ1) is 9.13. The second-order valence-electron chi connectivity index (χ2n) is 4.26. The summed E-state index contributed by atoms with van der Waals surface area (Å²) in [5.74, 6) is 0. The number of hydrogen-bond donors (Lipinski definition) is 3. The Morgan fingerprint density at radius 2 is 2.21 bits per heavy atom. The summed E-state index contributed by atoms with van der Waals surface area (Å²) < 4.78 is 7.60. The lowest BCUT2D eigenvalue weighted by molar-refractivity contribution is -0.0283. The fourth-order valence-corrected chi connectivity index (χ4v) is 2.86. The first-order valence-corrected chi connectivity index (χ1v) is 7.14. The van der Waals surface area contributed by atoms with Gasteiger partial charge in [-0.25, -0.2) is 9.97 Å². The lowest BCUT2D eigenvalue weighted by Gasteiger charge is -2.16. The van der Waals surface area contributed by atoms with Crippen molar-refractivity contribution in [1.29, 1.82) is 0 Å². The molecule has 19 heavy (non-hydrogen) atoms. The molecule has 0 aliphatic carbocycles. The van der Waals surface area contributed by atoms with E-state index in [1.165, 1.54) is 17.2 Å². The third kappa shape index (κ3) is 1.96. The summed E-state index contributed by atoms with van der Waals surface area (Å²) >= 11 is 2.07. The molecule has 0 aromatic carbocycles. The standard InChI is InChI=1S/C10H11IN4O4/c11-1-4-6(16)7(17)10(19-4)15-3-14-5-8(15)12-2-13-9(5)18/h2-4,6-7,10,16-17H,1H2,(H,12,13,18)/t4-,6-,7-,10-/m1/s1. The smallest absolute Gasteiger partial charge is 0.278 e. The van der Waals surface area contributed by atoms with Crippen molar-refractivity contribution in [3.8, 4) is 0 Å². The maximum absolute atomic E-state index is 11.5. The second-order valence-corrected chi connectivity index (χ2v) is 5.14. The normalized spacial score (nSPS) is 31.1. The van der Waals surface area contributed by atoms with Gasteiger partial charge in [-0.3, -0.25) is 9.36 Å². The molecule has 9 heteroatoms. The molecule has 8 nitrogen and oxygen atoms in total. The van der Waals surface area contributed by atoms with Crippen LogP contribution in [0.2, 0.25) is 0 Å². The van der Waals surface area contributed by atoms with Crippen molar-refractivity contribution in [1.82, 2.24) is 19.5 Å². The Morgan fingerprint density at radius 1 is 1.42 bits per heavy atom. The van der Waals surface area contributed by atoms with Crippen molar-refractivity contribution < 1.29 is 14.9 Å². The number of rotatable bonds is 2. The monoisotopic (exact) mass is 378 g/mol. The summed E-state index contributed by atoms with van der Waals surface area (Å²) in [4.78, 5) is 22.0. The van der Waals surface area contributed by atoms with E-state index in [2.05, 4.69) is 37.5 Å². The lowest BCUT2D eigenvalue weighted by Crippen LogP contribution is -2.32. The largest absolute Gasteiger partial charge is 0.387 e. The van der Waals surface area contributed by atoms with Crippen LogP contribution in [-0.2, 0) is 4.74 Å². The molecule has 3 N–H and O–H groups in total. The summed E-state index contributed by atoms with van der Waals surface area (Å²) in [6.07, 6.45) is -0.673. The number of imidazole rings is 1. The average Bonchev–Trinajstić information content (AvgIpc) is 2.94. The molecule has 102 valence electrons. The highest BCUT2D eigenvalue weighted by Gasteiger charge is 2.43. The number of H-pyrrole nitrogens is 1. The van der Waals surface area contributed by atoms with E-state index in [0.717, 1.165) is 0 Å². The van der Waals surface area contributed by atoms with Crippen LogP contribution in [0.1, 0.15) is 6.23 Å². The van der Waals surface area contributed by atoms with Crippen molar-refractivity contribution in [2.75, 3.05) is 4.43 Å². The van der Waals surface area contributed by atoms with Gasteiger partial charge in [-0.05, 0) is 0 Å². The number of nitrogens with one attached hydrogen (secondary N) is 1. The summed E-state index contributed by atoms with van der Waals surface area (Å²) in [6, 6.07) is 0. The molecule has 2 aromatic heterocycles. The minimum Gasteiger partial charge on any atom is -0.387 e. The maximum atomic E-state index is 11.5. The third-order valence-electron chi connectivity index (χ3n) is 3.13. The molecule has 0 amide bonds. The van der Waals surface area contributed by atoms with E-state index in [1.807, 2.05) is 0 Å². The minimum absolute atomic E-state index is 0.172. The van der Waals surface area contributed by atoms with Gasteiger partial charge in [0, 0.05) is 4.43 Å². The highest BCUT2D eigenvalue weighted by Crippen LogP contribution is 2.31. The highest BCUT2D eigenvalue weighted by atomic mass is 127. The summed E-state index contributed by atoms with van der Waals surface area (Å²) in [5, 5.41) is 19.9. The zero-order valence-electron chi connectivity index (χ0n) is 9.60. The number of fused-ring (bicyclic) bond motifs is 1. The van der Waals surface area contributed by atoms with Gasteiger partial charge in [0.15, 0.2) is 17.4 Å². The molecule has 3 rings (SSSR count). The van der Waals surface area contributed by atoms with Crippen LogP contribution in [0.4, 0.5) is 0 Å². The number of aliphatic hydroxyl groups excluding tert-OH is 2. The molecule has 0 unspecified atom stereocenters. The first-order valence-electron chi connectivity index (χ1n) is 5.61. The highest BCUT2D eigenvalue weighted by molar-refractivity contribution is 14.1. The number of alkyl halides is 1. The summed E-state index contributed by atoms with van der Waals surface area (Å²) in [5.41, 5.74) is 0.127. The lowest BCUT2D eigenvalue weighted by atomic mass is 10.1. The zero-order chi connectivity index (χ0) is 13.6. The van der Waals surface area contributed by atoms with E-state index in [0.29, 0.717) is 10.1 Å². The van der Waals surface area contributed by atoms with Crippen molar-refractivity contribution in [3.63, 3.8) is 0 Å². The number of aliphatic hydroxyl groups is 2. The Morgan fingerprint density at radius 3 is 2.89 bits per heavy atom. The summed E-state index contributed by atoms with van der Waals surface area (Å²) in [6.45, 7) is 0. The van der Waals surface area contributed by atoms with Crippen LogP contribution in [0.3, 0.4) is 0 Å². The molecule has 0 saturated carbocycles. The van der Waals surface area contributed by atoms with Gasteiger partial charge < -0.3 is 19.9 Å². The fourth-order valence-electron chi connectivity index (χ4n) is 2.14. The predicted molar refractivity (Wildman–Crippen MR) is 73.0 cm³/mol. The van der Waals surface area contributed by atoms with Crippen molar-refractivity contribution >= 4 is 33.8 Å². The average molecular weight is 378 g/mol. The van der Waals surface area contributed by atoms with Gasteiger partial charge in [-0.1, -0.05) is 22.6 Å². The molecular formula is C10H11IN4O4. The number of aromatic nitrogens is 4. The Labute approximate surface area is 120 Å². The van der Waals surface area contributed by atoms with Crippen LogP contribution in [0.5, 0.6) is 0 Å². The number of nitrogens with zero attached hydrogens (tertiary/aromatic N) is 3. The molecule has 3 heterocycles. The SMILES string of the molecule is O=c1[nH]cnc2c1ncn2[C@@H]1O[C@H](CI)[C@@H](O)[C@H]1O. The molecule has 0 spiro atoms. The molecule has 2 aromatic rings. The van der Waals surface area contributed by atoms with Crippen LogP contribution < -0.4 is 5.56 Å². The third-order valence-corrected chi connectivity index (χ3v) is 4.00. The Balaban J connectivity index is 2.06. The Hall–Kier alpha value is -1.04. The fraction of sp³-hybridized carbons (Fsp3) is 0.500. The van der Waals surface area contributed by atoms with E-state index in [1.54, 1.807) is 0 Å². The van der Waals surface area contributed by atoms with Gasteiger partial charge in [0.25, 0.3) is 5.56 Å². The molecule has 0 radical (unpaired) electrons. The maximum Gasteiger partial charge on any atom is 0.278 e. The van der Waals surface area contributed by atoms with Crippen molar-refractivity contribution in [2.45, 2.75) is 24.5 Å². The van der Waals surface area contributed by atoms with E-state index in [-0.39, 0.29) is 11.1 Å². The molecule has 1 aliphatic heterocycles. The van der Waals surface area contributed by atoms with Crippen LogP contribution >= 0.6 is 22.6 Å². The van der Waals surface area contributed by atoms with E-state index < -0.39 is 24.5 Å². The molecule has 4 atom stereocenters. The van der Waals surface area contributed by atoms with E-state index >= 15 is 0 Å². The predicted octanol–water partition coefficient (Wildman–Crippen LogP) is -0.826. The topological polar surface area (TPSA) is 113 Å². The molecular weight excluding hydrogens is 367 g/mol. The quantitative estimate of drug-likeness (QED) is 0.465. The van der Waals surface area contributed by atoms with E-state index in [4.69, 9.17) is 4.74 Å². The van der Waals surface area contributed by atoms with Gasteiger partial charge in [0.2, 0.25) is 0 Å². The molecule has 0 bridgehead atoms. The van der Waals surface area contributed by atoms with Crippen molar-refractivity contribution in [2.24, 2.45) is 0 Å². The van der Waals surface area contributed by atoms with Crippen molar-refractivity contribution in [3.05, 3.63) is 23.0 Å². The van der Waals surface area contributed by atoms with Crippen LogP contribution in [0.25, 0.3) is 11.2 Å². The first kappa shape index (κ1) is 13.0. The molecule has 1 fully saturated rings. The van der Waals surface area contributed by atoms with Crippen LogP contribution in [-0.4, -0.2) is 52.5 Å². The summed E-state index contributed by atoms with van der Waals surface area (Å²) in [7, 11) is 0. The zero-order valence-corrected chi connectivity index (χ0v) is 11.8. The number of ether oxygens (including phenoxy) is 1. The Bertz CT molecular complexity index is 656. The van der Waals surface area contributed by atoms with Gasteiger partial charge in [-0.2, -0.15) is 0 Å². The van der Waals surface area contributed by atoms with Gasteiger partial charge in [0.1, 0.15) is 12.2 Å². The minimum atomic E-state index is -1.08. The molecule has 1 saturated heterocycles. The van der Waals surface area contributed by atoms with Crippen LogP contribution in [0, 0.1) is 0 Å². The number of halogens is 1. The van der Waals surface area contributed by atoms with E-state index in [9.17, 15) is 15.0 Å². The van der Waals surface area contributed by atoms with Gasteiger partial charge in [0.05, 0.1) is 18.8 Å². The van der Waals surface area contributed by atoms with Crippen LogP contribution in [0.15, 0.2) is 17.4 Å².